The van der Waals surface area contributed by atoms with E-state index < -0.39 is 6.04 Å². The van der Waals surface area contributed by atoms with Crippen LogP contribution in [0.2, 0.25) is 10.0 Å². The molecule has 2 aromatic heterocycles. The normalized spacial score (nSPS) is 16.3. The number of anilines is 2. The van der Waals surface area contributed by atoms with E-state index in [9.17, 15) is 14.4 Å². The van der Waals surface area contributed by atoms with Crippen LogP contribution in [-0.4, -0.2) is 45.2 Å². The summed E-state index contributed by atoms with van der Waals surface area (Å²) in [4.78, 5) is 52.5. The summed E-state index contributed by atoms with van der Waals surface area (Å²) in [5.74, 6) is -0.275. The van der Waals surface area contributed by atoms with Crippen LogP contribution in [-0.2, 0) is 24.2 Å². The summed E-state index contributed by atoms with van der Waals surface area (Å²) >= 11 is 12.8. The fourth-order valence-electron chi connectivity index (χ4n) is 5.14. The molecule has 0 fully saturated rings. The van der Waals surface area contributed by atoms with Gasteiger partial charge in [-0.3, -0.25) is 24.3 Å². The molecule has 6 rings (SSSR count). The number of carbonyl (C=O) groups excluding carboxylic acids is 3. The van der Waals surface area contributed by atoms with E-state index in [1.54, 1.807) is 59.8 Å². The molecule has 0 spiro atoms. The molecule has 4 heterocycles. The smallest absolute Gasteiger partial charge is 0.260 e. The Balaban J connectivity index is 1.31. The van der Waals surface area contributed by atoms with Gasteiger partial charge in [0, 0.05) is 42.6 Å². The molecule has 8 nitrogen and oxygen atoms in total. The largest absolute Gasteiger partial charge is 0.323 e. The number of amides is 3. The van der Waals surface area contributed by atoms with Gasteiger partial charge in [0.1, 0.15) is 11.9 Å². The first-order chi connectivity index (χ1) is 19.4. The van der Waals surface area contributed by atoms with Crippen molar-refractivity contribution >= 4 is 52.4 Å². The maximum Gasteiger partial charge on any atom is 0.260 e. The van der Waals surface area contributed by atoms with Gasteiger partial charge in [-0.1, -0.05) is 41.4 Å². The highest BCUT2D eigenvalue weighted by molar-refractivity contribution is 6.34. The highest BCUT2D eigenvalue weighted by Crippen LogP contribution is 2.31. The van der Waals surface area contributed by atoms with E-state index in [0.717, 1.165) is 12.0 Å². The van der Waals surface area contributed by atoms with Crippen LogP contribution in [0.4, 0.5) is 11.5 Å². The number of pyridine rings is 2. The molecular weight excluding hydrogens is 549 g/mol. The van der Waals surface area contributed by atoms with Gasteiger partial charge in [-0.05, 0) is 66.1 Å². The van der Waals surface area contributed by atoms with Gasteiger partial charge in [-0.25, -0.2) is 4.98 Å². The number of nitrogens with one attached hydrogen (secondary N) is 1. The van der Waals surface area contributed by atoms with E-state index in [4.69, 9.17) is 23.2 Å². The Bertz CT molecular complexity index is 1650. The molecule has 200 valence electrons. The van der Waals surface area contributed by atoms with Crippen molar-refractivity contribution in [3.05, 3.63) is 117 Å². The van der Waals surface area contributed by atoms with Crippen LogP contribution < -0.4 is 10.2 Å². The SMILES string of the molecule is O=C1Nc2cc(Cl)ccc2C(=O)N(Cc2ccc(C(=O)N3CCc4cccnc43)c(Cl)c2)[C@@H]1Cc1ccccn1. The van der Waals surface area contributed by atoms with Crippen molar-refractivity contribution < 1.29 is 14.4 Å². The fourth-order valence-corrected chi connectivity index (χ4v) is 5.59. The summed E-state index contributed by atoms with van der Waals surface area (Å²) in [6, 6.07) is 18.3. The Morgan fingerprint density at radius 3 is 2.62 bits per heavy atom. The molecule has 4 aromatic rings. The lowest BCUT2D eigenvalue weighted by Crippen LogP contribution is -2.46. The predicted octanol–water partition coefficient (Wildman–Crippen LogP) is 5.19. The Labute approximate surface area is 240 Å². The Kier molecular flexibility index (Phi) is 6.96. The van der Waals surface area contributed by atoms with Gasteiger partial charge in [-0.2, -0.15) is 0 Å². The van der Waals surface area contributed by atoms with E-state index in [2.05, 4.69) is 15.3 Å². The highest BCUT2D eigenvalue weighted by atomic mass is 35.5. The number of carbonyl (C=O) groups is 3. The van der Waals surface area contributed by atoms with Crippen molar-refractivity contribution in [1.29, 1.82) is 0 Å². The third-order valence-electron chi connectivity index (χ3n) is 7.13. The number of aromatic nitrogens is 2. The Hall–Kier alpha value is -4.27. The van der Waals surface area contributed by atoms with Crippen LogP contribution in [0.5, 0.6) is 0 Å². The Morgan fingerprint density at radius 2 is 1.82 bits per heavy atom. The predicted molar refractivity (Wildman–Crippen MR) is 153 cm³/mol. The monoisotopic (exact) mass is 571 g/mol. The maximum absolute atomic E-state index is 13.8. The second-order valence-corrected chi connectivity index (χ2v) is 10.5. The first-order valence-corrected chi connectivity index (χ1v) is 13.5. The van der Waals surface area contributed by atoms with Crippen molar-refractivity contribution in [2.24, 2.45) is 0 Å². The molecule has 40 heavy (non-hydrogen) atoms. The summed E-state index contributed by atoms with van der Waals surface area (Å²) in [7, 11) is 0. The molecule has 1 atom stereocenters. The molecule has 1 N–H and O–H groups in total. The molecule has 0 bridgehead atoms. The Morgan fingerprint density at radius 1 is 0.975 bits per heavy atom. The van der Waals surface area contributed by atoms with Crippen LogP contribution in [0.1, 0.15) is 37.5 Å². The quantitative estimate of drug-likeness (QED) is 0.355. The minimum Gasteiger partial charge on any atom is -0.323 e. The second-order valence-electron chi connectivity index (χ2n) is 9.66. The van der Waals surface area contributed by atoms with Gasteiger partial charge >= 0.3 is 0 Å². The van der Waals surface area contributed by atoms with E-state index in [1.165, 1.54) is 4.90 Å². The minimum absolute atomic E-state index is 0.0914. The van der Waals surface area contributed by atoms with Crippen LogP contribution >= 0.6 is 23.2 Å². The number of rotatable bonds is 5. The average molecular weight is 572 g/mol. The summed E-state index contributed by atoms with van der Waals surface area (Å²) in [6.45, 7) is 0.618. The number of nitrogens with zero attached hydrogens (tertiary/aromatic N) is 4. The van der Waals surface area contributed by atoms with E-state index in [0.29, 0.717) is 45.5 Å². The zero-order chi connectivity index (χ0) is 27.8. The van der Waals surface area contributed by atoms with E-state index >= 15 is 0 Å². The molecule has 0 unspecified atom stereocenters. The van der Waals surface area contributed by atoms with Gasteiger partial charge in [0.05, 0.1) is 21.8 Å². The van der Waals surface area contributed by atoms with Crippen molar-refractivity contribution in [3.8, 4) is 0 Å². The highest BCUT2D eigenvalue weighted by Gasteiger charge is 2.36. The molecule has 0 radical (unpaired) electrons. The number of fused-ring (bicyclic) bond motifs is 2. The van der Waals surface area contributed by atoms with Gasteiger partial charge < -0.3 is 10.2 Å². The van der Waals surface area contributed by atoms with Crippen LogP contribution in [0.15, 0.2) is 79.1 Å². The van der Waals surface area contributed by atoms with E-state index in [-0.39, 0.29) is 35.7 Å². The molecule has 3 amide bonds. The number of hydrogen-bond donors (Lipinski definition) is 1. The van der Waals surface area contributed by atoms with Crippen LogP contribution in [0.25, 0.3) is 0 Å². The zero-order valence-corrected chi connectivity index (χ0v) is 22.7. The standard InChI is InChI=1S/C30H23Cl2N5O3/c31-20-7-9-23-25(15-20)35-28(38)26(16-21-5-1-2-11-33-21)37(30(23)40)17-18-6-8-22(24(32)14-18)29(39)36-13-10-19-4-3-12-34-27(19)36/h1-9,11-12,14-15,26H,10,13,16-17H2,(H,35,38)/t26-/m1/s1. The third kappa shape index (κ3) is 4.92. The first kappa shape index (κ1) is 26.0. The summed E-state index contributed by atoms with van der Waals surface area (Å²) in [5.41, 5.74) is 3.39. The van der Waals surface area contributed by atoms with Crippen LogP contribution in [0, 0.1) is 0 Å². The van der Waals surface area contributed by atoms with Gasteiger partial charge in [0.15, 0.2) is 0 Å². The average Bonchev–Trinajstić information content (AvgIpc) is 3.36. The lowest BCUT2D eigenvalue weighted by molar-refractivity contribution is -0.120. The van der Waals surface area contributed by atoms with Crippen molar-refractivity contribution in [1.82, 2.24) is 14.9 Å². The molecule has 2 aliphatic rings. The van der Waals surface area contributed by atoms with Gasteiger partial charge in [0.25, 0.3) is 11.8 Å². The first-order valence-electron chi connectivity index (χ1n) is 12.7. The summed E-state index contributed by atoms with van der Waals surface area (Å²) < 4.78 is 0. The van der Waals surface area contributed by atoms with Gasteiger partial charge in [-0.15, -0.1) is 0 Å². The number of halogens is 2. The molecule has 2 aliphatic heterocycles. The molecule has 2 aromatic carbocycles. The number of hydrogen-bond acceptors (Lipinski definition) is 5. The minimum atomic E-state index is -0.846. The molecule has 10 heteroatoms. The zero-order valence-electron chi connectivity index (χ0n) is 21.2. The van der Waals surface area contributed by atoms with Crippen molar-refractivity contribution in [3.63, 3.8) is 0 Å². The van der Waals surface area contributed by atoms with E-state index in [1.807, 2.05) is 24.3 Å². The molecular formula is C30H23Cl2N5O3. The van der Waals surface area contributed by atoms with Crippen LogP contribution in [0.3, 0.4) is 0 Å². The second kappa shape index (κ2) is 10.7. The third-order valence-corrected chi connectivity index (χ3v) is 7.68. The van der Waals surface area contributed by atoms with Crippen molar-refractivity contribution in [2.45, 2.75) is 25.4 Å². The maximum atomic E-state index is 13.8. The van der Waals surface area contributed by atoms with Crippen molar-refractivity contribution in [2.75, 3.05) is 16.8 Å². The fraction of sp³-hybridized carbons (Fsp3) is 0.167. The van der Waals surface area contributed by atoms with Gasteiger partial charge in [0.2, 0.25) is 5.91 Å². The molecule has 0 saturated carbocycles. The summed E-state index contributed by atoms with van der Waals surface area (Å²) in [6.07, 6.45) is 4.26. The lowest BCUT2D eigenvalue weighted by atomic mass is 10.0. The number of benzene rings is 2. The molecule has 0 aliphatic carbocycles. The summed E-state index contributed by atoms with van der Waals surface area (Å²) in [5, 5.41) is 3.52. The lowest BCUT2D eigenvalue weighted by Gasteiger charge is -2.29. The molecule has 0 saturated heterocycles. The topological polar surface area (TPSA) is 95.5 Å².